The molecule has 25 heavy (non-hydrogen) atoms. The molecule has 12 nitrogen and oxygen atoms in total. The molecule has 0 aromatic rings. The van der Waals surface area contributed by atoms with Gasteiger partial charge < -0.3 is 44.5 Å². The molecule has 2 fully saturated rings. The first-order valence-corrected chi connectivity index (χ1v) is 8.45. The molecule has 6 N–H and O–H groups in total. The summed E-state index contributed by atoms with van der Waals surface area (Å²) in [6.45, 7) is -0.248. The SMILES string of the molecule is NC1NCNC2C1N=CN2C1OC(COP(=O)([O-])[O-])C(O)C1O.[Na+].[Na+]. The number of ether oxygens (including phenoxy) is 1. The third-order valence-corrected chi connectivity index (χ3v) is 4.53. The van der Waals surface area contributed by atoms with E-state index in [1.165, 1.54) is 6.34 Å². The van der Waals surface area contributed by atoms with Crippen LogP contribution in [0.3, 0.4) is 0 Å². The maximum atomic E-state index is 10.5. The Kier molecular flexibility index (Phi) is 9.46. The average molecular weight is 397 g/mol. The normalized spacial score (nSPS) is 40.4. The van der Waals surface area contributed by atoms with Gasteiger partial charge in [-0.25, -0.2) is 0 Å². The molecule has 3 heterocycles. The molecule has 0 bridgehead atoms. The number of aliphatic hydroxyl groups excluding tert-OH is 2. The monoisotopic (exact) mass is 397 g/mol. The Hall–Kier alpha value is 1.34. The van der Waals surface area contributed by atoms with E-state index in [9.17, 15) is 24.6 Å². The zero-order valence-corrected chi connectivity index (χ0v) is 18.8. The Bertz CT molecular complexity index is 528. The van der Waals surface area contributed by atoms with Crippen molar-refractivity contribution in [2.24, 2.45) is 10.7 Å². The van der Waals surface area contributed by atoms with Crippen molar-refractivity contribution in [3.8, 4) is 0 Å². The largest absolute Gasteiger partial charge is 1.00 e. The summed E-state index contributed by atoms with van der Waals surface area (Å²) < 4.78 is 20.1. The van der Waals surface area contributed by atoms with E-state index in [-0.39, 0.29) is 77.5 Å². The van der Waals surface area contributed by atoms with E-state index in [4.69, 9.17) is 10.5 Å². The Balaban J connectivity index is 0.00000156. The van der Waals surface area contributed by atoms with Crippen molar-refractivity contribution in [1.82, 2.24) is 15.5 Å². The van der Waals surface area contributed by atoms with Gasteiger partial charge in [-0.1, -0.05) is 0 Å². The fraction of sp³-hybridized carbons (Fsp3) is 0.900. The Morgan fingerprint density at radius 3 is 2.68 bits per heavy atom. The molecule has 3 aliphatic rings. The average Bonchev–Trinajstić information content (AvgIpc) is 3.01. The van der Waals surface area contributed by atoms with E-state index in [0.29, 0.717) is 6.67 Å². The molecule has 0 aliphatic carbocycles. The number of nitrogens with two attached hydrogens (primary N) is 1. The first-order chi connectivity index (χ1) is 10.8. The van der Waals surface area contributed by atoms with Crippen LogP contribution >= 0.6 is 7.82 Å². The third kappa shape index (κ3) is 5.45. The number of phosphoric acid groups is 1. The van der Waals surface area contributed by atoms with Crippen molar-refractivity contribution in [3.05, 3.63) is 0 Å². The van der Waals surface area contributed by atoms with Gasteiger partial charge in [0, 0.05) is 6.67 Å². The first kappa shape index (κ1) is 24.4. The van der Waals surface area contributed by atoms with E-state index in [1.54, 1.807) is 4.90 Å². The molecule has 7 unspecified atom stereocenters. The summed E-state index contributed by atoms with van der Waals surface area (Å²) >= 11 is 0. The van der Waals surface area contributed by atoms with Gasteiger partial charge >= 0.3 is 59.1 Å². The zero-order valence-electron chi connectivity index (χ0n) is 13.9. The van der Waals surface area contributed by atoms with Crippen molar-refractivity contribution in [2.75, 3.05) is 13.3 Å². The van der Waals surface area contributed by atoms with Gasteiger partial charge in [0.25, 0.3) is 0 Å². The number of nitrogens with one attached hydrogen (secondary N) is 2. The summed E-state index contributed by atoms with van der Waals surface area (Å²) in [6, 6.07) is -0.310. The fourth-order valence-corrected chi connectivity index (χ4v) is 3.23. The molecule has 15 heteroatoms. The molecule has 3 rings (SSSR count). The van der Waals surface area contributed by atoms with E-state index >= 15 is 0 Å². The van der Waals surface area contributed by atoms with Gasteiger partial charge in [-0.2, -0.15) is 0 Å². The molecule has 0 saturated carbocycles. The number of aliphatic hydroxyl groups is 2. The summed E-state index contributed by atoms with van der Waals surface area (Å²) in [7, 11) is -5.19. The van der Waals surface area contributed by atoms with Gasteiger partial charge in [0.15, 0.2) is 6.23 Å². The number of rotatable bonds is 4. The number of hydrogen-bond acceptors (Lipinski definition) is 12. The molecule has 0 amide bonds. The number of phosphoric ester groups is 1. The van der Waals surface area contributed by atoms with Crippen LogP contribution in [0.1, 0.15) is 0 Å². The second-order valence-corrected chi connectivity index (χ2v) is 6.70. The second kappa shape index (κ2) is 9.70. The maximum absolute atomic E-state index is 10.5. The van der Waals surface area contributed by atoms with Crippen LogP contribution in [0, 0.1) is 0 Å². The fourth-order valence-electron chi connectivity index (χ4n) is 2.90. The Morgan fingerprint density at radius 2 is 2.04 bits per heavy atom. The van der Waals surface area contributed by atoms with Gasteiger partial charge in [-0.3, -0.25) is 15.6 Å². The van der Waals surface area contributed by atoms with Gasteiger partial charge in [0.05, 0.1) is 26.9 Å². The zero-order chi connectivity index (χ0) is 16.8. The van der Waals surface area contributed by atoms with Gasteiger partial charge in [0.1, 0.15) is 30.5 Å². The molecule has 3 aliphatic heterocycles. The number of nitrogens with zero attached hydrogens (tertiary/aromatic N) is 2. The first-order valence-electron chi connectivity index (χ1n) is 6.99. The predicted molar refractivity (Wildman–Crippen MR) is 71.3 cm³/mol. The van der Waals surface area contributed by atoms with Crippen LogP contribution in [0.2, 0.25) is 0 Å². The maximum Gasteiger partial charge on any atom is 1.00 e. The summed E-state index contributed by atoms with van der Waals surface area (Å²) in [5, 5.41) is 26.2. The van der Waals surface area contributed by atoms with Crippen LogP contribution < -0.4 is 85.3 Å². The molecule has 0 spiro atoms. The van der Waals surface area contributed by atoms with Crippen molar-refractivity contribution in [2.45, 2.75) is 42.9 Å². The molecule has 0 aromatic carbocycles. The van der Waals surface area contributed by atoms with Crippen molar-refractivity contribution in [1.29, 1.82) is 0 Å². The van der Waals surface area contributed by atoms with Crippen molar-refractivity contribution < 1.29 is 92.9 Å². The smallest absolute Gasteiger partial charge is 0.790 e. The van der Waals surface area contributed by atoms with Crippen LogP contribution in [-0.2, 0) is 13.8 Å². The van der Waals surface area contributed by atoms with Crippen LogP contribution in [0.15, 0.2) is 4.99 Å². The summed E-state index contributed by atoms with van der Waals surface area (Å²) in [4.78, 5) is 26.9. The minimum absolute atomic E-state index is 0. The third-order valence-electron chi connectivity index (χ3n) is 4.06. The Morgan fingerprint density at radius 1 is 1.36 bits per heavy atom. The summed E-state index contributed by atoms with van der Waals surface area (Å²) in [5.74, 6) is 0. The van der Waals surface area contributed by atoms with Gasteiger partial charge in [-0.15, -0.1) is 0 Å². The van der Waals surface area contributed by atoms with E-state index in [0.717, 1.165) is 0 Å². The minimum atomic E-state index is -5.19. The second-order valence-electron chi connectivity index (χ2n) is 5.55. The van der Waals surface area contributed by atoms with Gasteiger partial charge in [0.2, 0.25) is 0 Å². The van der Waals surface area contributed by atoms with E-state index in [2.05, 4.69) is 20.1 Å². The summed E-state index contributed by atoms with van der Waals surface area (Å²) in [5.41, 5.74) is 5.90. The van der Waals surface area contributed by atoms with Crippen LogP contribution in [0.25, 0.3) is 0 Å². The van der Waals surface area contributed by atoms with Crippen molar-refractivity contribution >= 4 is 14.2 Å². The minimum Gasteiger partial charge on any atom is -0.790 e. The van der Waals surface area contributed by atoms with E-state index in [1.807, 2.05) is 0 Å². The molecule has 132 valence electrons. The summed E-state index contributed by atoms with van der Waals surface area (Å²) in [6.07, 6.45) is -4.15. The number of fused-ring (bicyclic) bond motifs is 1. The quantitative estimate of drug-likeness (QED) is 0.224. The number of aliphatic imine (C=N–C) groups is 1. The van der Waals surface area contributed by atoms with Crippen molar-refractivity contribution in [3.63, 3.8) is 0 Å². The van der Waals surface area contributed by atoms with E-state index < -0.39 is 39.0 Å². The molecule has 7 atom stereocenters. The molecular weight excluding hydrogens is 379 g/mol. The molecule has 0 radical (unpaired) electrons. The molecular formula is C10H18N5Na2O7P. The standard InChI is InChI=1S/C10H20N5O7P.2Na/c11-8-5-9(13-2-12-8)15(3-14-5)10-7(17)6(16)4(22-10)1-21-23(18,19)20;;/h3-10,12-13,16-17H,1-2,11H2,(H2,18,19,20);;/q;2*+1/p-2. The number of hydrogen-bond donors (Lipinski definition) is 5. The Labute approximate surface area is 188 Å². The van der Waals surface area contributed by atoms with Crippen LogP contribution in [-0.4, -0.2) is 77.6 Å². The molecule has 2 saturated heterocycles. The topological polar surface area (TPSA) is 188 Å². The van der Waals surface area contributed by atoms with Crippen LogP contribution in [0.5, 0.6) is 0 Å². The predicted octanol–water partition coefficient (Wildman–Crippen LogP) is -11.2. The molecule has 0 aromatic heterocycles. The van der Waals surface area contributed by atoms with Crippen LogP contribution in [0.4, 0.5) is 0 Å². The van der Waals surface area contributed by atoms with Gasteiger partial charge in [-0.05, 0) is 0 Å².